The second-order valence-electron chi connectivity index (χ2n) is 4.59. The van der Waals surface area contributed by atoms with Crippen LogP contribution in [0.25, 0.3) is 0 Å². The third kappa shape index (κ3) is 3.13. The molecule has 94 valence electrons. The molecule has 2 N–H and O–H groups in total. The Balaban J connectivity index is 2.06. The summed E-state index contributed by atoms with van der Waals surface area (Å²) in [6.07, 6.45) is 3.34. The zero-order valence-corrected chi connectivity index (χ0v) is 10.4. The lowest BCUT2D eigenvalue weighted by atomic mass is 9.90. The quantitative estimate of drug-likeness (QED) is 0.841. The van der Waals surface area contributed by atoms with Crippen LogP contribution in [-0.4, -0.2) is 24.8 Å². The number of aromatic hydroxyl groups is 1. The van der Waals surface area contributed by atoms with E-state index in [4.69, 9.17) is 4.74 Å². The summed E-state index contributed by atoms with van der Waals surface area (Å²) in [5.74, 6) is 1.62. The number of benzene rings is 1. The van der Waals surface area contributed by atoms with Gasteiger partial charge in [-0.25, -0.2) is 0 Å². The zero-order chi connectivity index (χ0) is 12.1. The molecule has 0 aliphatic carbocycles. The van der Waals surface area contributed by atoms with E-state index in [9.17, 15) is 5.11 Å². The first kappa shape index (κ1) is 12.2. The molecule has 17 heavy (non-hydrogen) atoms. The van der Waals surface area contributed by atoms with Crippen molar-refractivity contribution in [2.75, 3.05) is 19.7 Å². The Morgan fingerprint density at radius 3 is 2.82 bits per heavy atom. The van der Waals surface area contributed by atoms with Crippen LogP contribution >= 0.6 is 0 Å². The van der Waals surface area contributed by atoms with Gasteiger partial charge < -0.3 is 15.2 Å². The molecular formula is C14H21NO2. The predicted molar refractivity (Wildman–Crippen MR) is 68.6 cm³/mol. The van der Waals surface area contributed by atoms with E-state index in [1.165, 1.54) is 12.8 Å². The number of para-hydroxylation sites is 1. The van der Waals surface area contributed by atoms with Crippen molar-refractivity contribution in [2.24, 2.45) is 5.92 Å². The molecule has 0 spiro atoms. The van der Waals surface area contributed by atoms with Crippen LogP contribution < -0.4 is 10.1 Å². The maximum atomic E-state index is 10.1. The fraction of sp³-hybridized carbons (Fsp3) is 0.571. The minimum absolute atomic E-state index is 0.327. The molecule has 0 saturated carbocycles. The summed E-state index contributed by atoms with van der Waals surface area (Å²) in [6, 6.07) is 5.78. The lowest BCUT2D eigenvalue weighted by molar-refractivity contribution is 0.313. The molecule has 0 radical (unpaired) electrons. The number of nitrogens with one attached hydrogen (secondary N) is 1. The van der Waals surface area contributed by atoms with Gasteiger partial charge in [-0.05, 0) is 56.8 Å². The highest BCUT2D eigenvalue weighted by atomic mass is 16.5. The number of phenolic OH excluding ortho intramolecular Hbond substituents is 1. The van der Waals surface area contributed by atoms with Gasteiger partial charge in [-0.3, -0.25) is 0 Å². The molecule has 0 bridgehead atoms. The third-order valence-electron chi connectivity index (χ3n) is 3.35. The summed E-state index contributed by atoms with van der Waals surface area (Å²) in [7, 11) is 0. The molecule has 1 aromatic carbocycles. The van der Waals surface area contributed by atoms with Crippen molar-refractivity contribution >= 4 is 0 Å². The largest absolute Gasteiger partial charge is 0.504 e. The van der Waals surface area contributed by atoms with Crippen molar-refractivity contribution in [3.63, 3.8) is 0 Å². The van der Waals surface area contributed by atoms with E-state index in [1.54, 1.807) is 0 Å². The molecule has 1 aliphatic heterocycles. The van der Waals surface area contributed by atoms with Crippen LogP contribution in [0.5, 0.6) is 11.5 Å². The molecule has 0 unspecified atom stereocenters. The number of hydrogen-bond acceptors (Lipinski definition) is 3. The van der Waals surface area contributed by atoms with E-state index in [2.05, 4.69) is 5.32 Å². The topological polar surface area (TPSA) is 41.5 Å². The summed E-state index contributed by atoms with van der Waals surface area (Å²) in [5.41, 5.74) is 1.02. The fourth-order valence-corrected chi connectivity index (χ4v) is 2.40. The fourth-order valence-electron chi connectivity index (χ4n) is 2.40. The van der Waals surface area contributed by atoms with E-state index >= 15 is 0 Å². The van der Waals surface area contributed by atoms with Crippen LogP contribution in [0.4, 0.5) is 0 Å². The average molecular weight is 235 g/mol. The Morgan fingerprint density at radius 2 is 2.12 bits per heavy atom. The lowest BCUT2D eigenvalue weighted by Crippen LogP contribution is -2.28. The third-order valence-corrected chi connectivity index (χ3v) is 3.35. The summed E-state index contributed by atoms with van der Waals surface area (Å²) in [5, 5.41) is 13.5. The highest BCUT2D eigenvalue weighted by Gasteiger charge is 2.16. The van der Waals surface area contributed by atoms with E-state index in [1.807, 2.05) is 25.1 Å². The van der Waals surface area contributed by atoms with Crippen LogP contribution in [0.2, 0.25) is 0 Å². The number of piperidine rings is 1. The van der Waals surface area contributed by atoms with Gasteiger partial charge in [0.05, 0.1) is 6.61 Å². The molecule has 1 aromatic rings. The van der Waals surface area contributed by atoms with Crippen molar-refractivity contribution in [1.82, 2.24) is 5.32 Å². The first-order chi connectivity index (χ1) is 8.31. The van der Waals surface area contributed by atoms with Gasteiger partial charge in [0, 0.05) is 0 Å². The first-order valence-electron chi connectivity index (χ1n) is 6.45. The van der Waals surface area contributed by atoms with Crippen LogP contribution in [-0.2, 0) is 6.42 Å². The highest BCUT2D eigenvalue weighted by molar-refractivity contribution is 5.45. The van der Waals surface area contributed by atoms with Gasteiger partial charge in [0.2, 0.25) is 0 Å². The van der Waals surface area contributed by atoms with Crippen molar-refractivity contribution in [3.05, 3.63) is 23.8 Å². The number of ether oxygens (including phenoxy) is 1. The lowest BCUT2D eigenvalue weighted by Gasteiger charge is -2.23. The molecule has 1 heterocycles. The summed E-state index contributed by atoms with van der Waals surface area (Å²) in [4.78, 5) is 0. The van der Waals surface area contributed by atoms with Crippen LogP contribution in [0.3, 0.4) is 0 Å². The molecule has 3 heteroatoms. The van der Waals surface area contributed by atoms with Gasteiger partial charge in [-0.15, -0.1) is 0 Å². The molecule has 3 nitrogen and oxygen atoms in total. The van der Waals surface area contributed by atoms with Crippen molar-refractivity contribution in [1.29, 1.82) is 0 Å². The Labute approximate surface area is 103 Å². The van der Waals surface area contributed by atoms with E-state index in [0.29, 0.717) is 24.0 Å². The number of phenols is 1. The van der Waals surface area contributed by atoms with E-state index in [-0.39, 0.29) is 0 Å². The van der Waals surface area contributed by atoms with Crippen molar-refractivity contribution in [2.45, 2.75) is 26.2 Å². The van der Waals surface area contributed by atoms with Gasteiger partial charge in [0.1, 0.15) is 0 Å². The van der Waals surface area contributed by atoms with Crippen LogP contribution in [0.15, 0.2) is 18.2 Å². The monoisotopic (exact) mass is 235 g/mol. The SMILES string of the molecule is CCOc1cccc(CC2CCNCC2)c1O. The normalized spacial score (nSPS) is 17.0. The molecule has 1 saturated heterocycles. The predicted octanol–water partition coefficient (Wildman–Crippen LogP) is 2.33. The molecule has 2 rings (SSSR count). The molecule has 1 fully saturated rings. The Hall–Kier alpha value is -1.22. The summed E-state index contributed by atoms with van der Waals surface area (Å²) < 4.78 is 5.40. The molecule has 1 aliphatic rings. The number of rotatable bonds is 4. The van der Waals surface area contributed by atoms with Gasteiger partial charge in [-0.1, -0.05) is 12.1 Å². The molecule has 0 atom stereocenters. The first-order valence-corrected chi connectivity index (χ1v) is 6.45. The summed E-state index contributed by atoms with van der Waals surface area (Å²) >= 11 is 0. The minimum atomic E-state index is 0.327. The van der Waals surface area contributed by atoms with Crippen molar-refractivity contribution < 1.29 is 9.84 Å². The standard InChI is InChI=1S/C14H21NO2/c1-2-17-13-5-3-4-12(14(13)16)10-11-6-8-15-9-7-11/h3-5,11,15-16H,2,6-10H2,1H3. The molecule has 0 amide bonds. The molecule has 0 aromatic heterocycles. The van der Waals surface area contributed by atoms with Gasteiger partial charge >= 0.3 is 0 Å². The van der Waals surface area contributed by atoms with Gasteiger partial charge in [0.15, 0.2) is 11.5 Å². The van der Waals surface area contributed by atoms with Crippen LogP contribution in [0, 0.1) is 5.92 Å². The number of hydrogen-bond donors (Lipinski definition) is 2. The second-order valence-corrected chi connectivity index (χ2v) is 4.59. The average Bonchev–Trinajstić information content (AvgIpc) is 2.36. The maximum Gasteiger partial charge on any atom is 0.161 e. The van der Waals surface area contributed by atoms with E-state index in [0.717, 1.165) is 25.1 Å². The van der Waals surface area contributed by atoms with Gasteiger partial charge in [-0.2, -0.15) is 0 Å². The Morgan fingerprint density at radius 1 is 1.35 bits per heavy atom. The molecular weight excluding hydrogens is 214 g/mol. The Bertz CT molecular complexity index is 359. The van der Waals surface area contributed by atoms with Gasteiger partial charge in [0.25, 0.3) is 0 Å². The van der Waals surface area contributed by atoms with Crippen LogP contribution in [0.1, 0.15) is 25.3 Å². The van der Waals surface area contributed by atoms with Crippen molar-refractivity contribution in [3.8, 4) is 11.5 Å². The van der Waals surface area contributed by atoms with E-state index < -0.39 is 0 Å². The smallest absolute Gasteiger partial charge is 0.161 e. The maximum absolute atomic E-state index is 10.1. The second kappa shape index (κ2) is 5.92. The Kier molecular flexibility index (Phi) is 4.26. The summed E-state index contributed by atoms with van der Waals surface area (Å²) in [6.45, 7) is 4.70. The zero-order valence-electron chi connectivity index (χ0n) is 10.4. The highest BCUT2D eigenvalue weighted by Crippen LogP contribution is 2.32. The minimum Gasteiger partial charge on any atom is -0.504 e.